The minimum absolute atomic E-state index is 0.0196. The Balaban J connectivity index is 2.38. The lowest BCUT2D eigenvalue weighted by atomic mass is 10.0. The van der Waals surface area contributed by atoms with Crippen molar-refractivity contribution in [2.24, 2.45) is 0 Å². The fraction of sp³-hybridized carbons (Fsp3) is 0.538. The van der Waals surface area contributed by atoms with Gasteiger partial charge in [-0.2, -0.15) is 0 Å². The molecule has 0 radical (unpaired) electrons. The molecule has 0 bridgehead atoms. The third kappa shape index (κ3) is 5.24. The number of β-amino-alcohol motifs (C(OH)–C–C–N with tert-alkyl or cyclic N) is 1. The van der Waals surface area contributed by atoms with Crippen molar-refractivity contribution < 1.29 is 25.2 Å². The Hall–Kier alpha value is -0.890. The Bertz CT molecular complexity index is 392. The number of halogens is 1. The van der Waals surface area contributed by atoms with Crippen LogP contribution in [0.5, 0.6) is 5.75 Å². The van der Waals surface area contributed by atoms with Crippen molar-refractivity contribution in [3.63, 3.8) is 0 Å². The van der Waals surface area contributed by atoms with Crippen LogP contribution in [-0.2, 0) is 0 Å². The van der Waals surface area contributed by atoms with Gasteiger partial charge in [0.15, 0.2) is 0 Å². The zero-order valence-electron chi connectivity index (χ0n) is 11.0. The van der Waals surface area contributed by atoms with Gasteiger partial charge >= 0.3 is 0 Å². The lowest BCUT2D eigenvalue weighted by Gasteiger charge is -2.29. The quantitative estimate of drug-likeness (QED) is 0.417. The molecule has 0 aliphatic carbocycles. The number of aliphatic hydroxyl groups excluding tert-OH is 4. The van der Waals surface area contributed by atoms with E-state index in [2.05, 4.69) is 5.32 Å². The van der Waals surface area contributed by atoms with E-state index in [-0.39, 0.29) is 13.2 Å². The molecule has 20 heavy (non-hydrogen) atoms. The zero-order valence-corrected chi connectivity index (χ0v) is 11.8. The molecule has 1 aromatic carbocycles. The van der Waals surface area contributed by atoms with E-state index < -0.39 is 31.5 Å². The average Bonchev–Trinajstić information content (AvgIpc) is 2.47. The topological polar surface area (TPSA) is 102 Å². The van der Waals surface area contributed by atoms with E-state index in [1.807, 2.05) is 0 Å². The summed E-state index contributed by atoms with van der Waals surface area (Å²) in [4.78, 5) is 0. The predicted octanol–water partition coefficient (Wildman–Crippen LogP) is -0.615. The van der Waals surface area contributed by atoms with Crippen LogP contribution in [-0.4, -0.2) is 65.0 Å². The third-order valence-electron chi connectivity index (χ3n) is 2.86. The summed E-state index contributed by atoms with van der Waals surface area (Å²) in [5, 5.41) is 40.4. The van der Waals surface area contributed by atoms with Gasteiger partial charge in [-0.05, 0) is 18.2 Å². The molecule has 6 nitrogen and oxygen atoms in total. The molecule has 0 amide bonds. The Labute approximate surface area is 122 Å². The highest BCUT2D eigenvalue weighted by Crippen LogP contribution is 2.17. The van der Waals surface area contributed by atoms with E-state index in [0.29, 0.717) is 10.8 Å². The SMILES string of the molecule is OCC(CO)(CO)NCC(O)COc1cccc(Cl)c1. The summed E-state index contributed by atoms with van der Waals surface area (Å²) in [7, 11) is 0. The van der Waals surface area contributed by atoms with Gasteiger partial charge in [-0.3, -0.25) is 0 Å². The van der Waals surface area contributed by atoms with Gasteiger partial charge in [0, 0.05) is 11.6 Å². The van der Waals surface area contributed by atoms with Crippen molar-refractivity contribution in [2.45, 2.75) is 11.6 Å². The Morgan fingerprint density at radius 1 is 1.20 bits per heavy atom. The molecule has 1 atom stereocenters. The number of nitrogens with one attached hydrogen (secondary N) is 1. The zero-order chi connectivity index (χ0) is 15.0. The molecule has 0 fully saturated rings. The molecule has 0 saturated carbocycles. The molecule has 1 rings (SSSR count). The summed E-state index contributed by atoms with van der Waals surface area (Å²) in [6, 6.07) is 6.79. The van der Waals surface area contributed by atoms with Crippen molar-refractivity contribution in [1.82, 2.24) is 5.32 Å². The molecule has 7 heteroatoms. The second-order valence-electron chi connectivity index (χ2n) is 4.56. The first kappa shape index (κ1) is 17.2. The highest BCUT2D eigenvalue weighted by Gasteiger charge is 2.28. The average molecular weight is 306 g/mol. The number of hydrogen-bond donors (Lipinski definition) is 5. The van der Waals surface area contributed by atoms with Gasteiger partial charge in [-0.25, -0.2) is 0 Å². The highest BCUT2D eigenvalue weighted by atomic mass is 35.5. The van der Waals surface area contributed by atoms with Crippen LogP contribution in [0.25, 0.3) is 0 Å². The Kier molecular flexibility index (Phi) is 7.22. The summed E-state index contributed by atoms with van der Waals surface area (Å²) < 4.78 is 5.35. The first-order valence-electron chi connectivity index (χ1n) is 6.19. The molecule has 0 saturated heterocycles. The van der Waals surface area contributed by atoms with Gasteiger partial charge in [0.05, 0.1) is 25.4 Å². The van der Waals surface area contributed by atoms with Crippen LogP contribution in [0.3, 0.4) is 0 Å². The summed E-state index contributed by atoms with van der Waals surface area (Å²) in [6.45, 7) is -1.25. The number of rotatable bonds is 9. The summed E-state index contributed by atoms with van der Waals surface area (Å²) in [5.41, 5.74) is -1.21. The minimum Gasteiger partial charge on any atom is -0.491 e. The van der Waals surface area contributed by atoms with Crippen LogP contribution >= 0.6 is 11.6 Å². The standard InChI is InChI=1S/C13H20ClNO5/c14-10-2-1-3-12(4-10)20-6-11(19)5-15-13(7-16,8-17)9-18/h1-4,11,15-19H,5-9H2. The smallest absolute Gasteiger partial charge is 0.120 e. The number of aliphatic hydroxyl groups is 4. The number of benzene rings is 1. The first-order chi connectivity index (χ1) is 9.55. The molecule has 0 aromatic heterocycles. The minimum atomic E-state index is -1.21. The van der Waals surface area contributed by atoms with Gasteiger partial charge in [0.2, 0.25) is 0 Å². The molecule has 1 unspecified atom stereocenters. The summed E-state index contributed by atoms with van der Waals surface area (Å²) in [6.07, 6.45) is -0.863. The van der Waals surface area contributed by atoms with Gasteiger partial charge < -0.3 is 30.5 Å². The van der Waals surface area contributed by atoms with Crippen LogP contribution in [0.1, 0.15) is 0 Å². The Morgan fingerprint density at radius 3 is 2.40 bits per heavy atom. The molecular formula is C13H20ClNO5. The van der Waals surface area contributed by atoms with E-state index in [0.717, 1.165) is 0 Å². The van der Waals surface area contributed by atoms with Gasteiger partial charge in [0.1, 0.15) is 18.5 Å². The molecule has 1 aromatic rings. The van der Waals surface area contributed by atoms with Crippen molar-refractivity contribution in [2.75, 3.05) is 33.0 Å². The largest absolute Gasteiger partial charge is 0.491 e. The second kappa shape index (κ2) is 8.41. The van der Waals surface area contributed by atoms with Crippen molar-refractivity contribution in [3.8, 4) is 5.75 Å². The van der Waals surface area contributed by atoms with E-state index in [1.165, 1.54) is 0 Å². The van der Waals surface area contributed by atoms with Gasteiger partial charge in [-0.1, -0.05) is 17.7 Å². The van der Waals surface area contributed by atoms with E-state index in [9.17, 15) is 5.11 Å². The summed E-state index contributed by atoms with van der Waals surface area (Å²) in [5.74, 6) is 0.536. The molecule has 0 aliphatic rings. The van der Waals surface area contributed by atoms with Crippen LogP contribution in [0, 0.1) is 0 Å². The molecular weight excluding hydrogens is 286 g/mol. The van der Waals surface area contributed by atoms with Gasteiger partial charge in [0.25, 0.3) is 0 Å². The van der Waals surface area contributed by atoms with Crippen molar-refractivity contribution in [1.29, 1.82) is 0 Å². The fourth-order valence-electron chi connectivity index (χ4n) is 1.46. The van der Waals surface area contributed by atoms with Crippen LogP contribution < -0.4 is 10.1 Å². The molecule has 0 aliphatic heterocycles. The number of ether oxygens (including phenoxy) is 1. The first-order valence-corrected chi connectivity index (χ1v) is 6.57. The monoisotopic (exact) mass is 305 g/mol. The van der Waals surface area contributed by atoms with E-state index in [1.54, 1.807) is 24.3 Å². The van der Waals surface area contributed by atoms with Crippen LogP contribution in [0.2, 0.25) is 5.02 Å². The maximum absolute atomic E-state index is 9.76. The second-order valence-corrected chi connectivity index (χ2v) is 4.99. The van der Waals surface area contributed by atoms with Crippen LogP contribution in [0.4, 0.5) is 0 Å². The number of hydrogen-bond acceptors (Lipinski definition) is 6. The maximum atomic E-state index is 9.76. The van der Waals surface area contributed by atoms with E-state index in [4.69, 9.17) is 31.7 Å². The molecule has 0 heterocycles. The van der Waals surface area contributed by atoms with Crippen molar-refractivity contribution >= 4 is 11.6 Å². The normalized spacial score (nSPS) is 13.2. The van der Waals surface area contributed by atoms with Crippen molar-refractivity contribution in [3.05, 3.63) is 29.3 Å². The van der Waals surface area contributed by atoms with Gasteiger partial charge in [-0.15, -0.1) is 0 Å². The highest BCUT2D eigenvalue weighted by molar-refractivity contribution is 6.30. The third-order valence-corrected chi connectivity index (χ3v) is 3.09. The maximum Gasteiger partial charge on any atom is 0.120 e. The summed E-state index contributed by atoms with van der Waals surface area (Å²) >= 11 is 5.80. The molecule has 114 valence electrons. The molecule has 0 spiro atoms. The fourth-order valence-corrected chi connectivity index (χ4v) is 1.64. The van der Waals surface area contributed by atoms with Crippen LogP contribution in [0.15, 0.2) is 24.3 Å². The lowest BCUT2D eigenvalue weighted by Crippen LogP contribution is -2.57. The predicted molar refractivity (Wildman–Crippen MR) is 74.9 cm³/mol. The Morgan fingerprint density at radius 2 is 1.85 bits per heavy atom. The molecule has 5 N–H and O–H groups in total. The van der Waals surface area contributed by atoms with E-state index >= 15 is 0 Å². The lowest BCUT2D eigenvalue weighted by molar-refractivity contribution is 0.0261.